The molecule has 0 fully saturated rings. The van der Waals surface area contributed by atoms with Crippen molar-refractivity contribution in [2.75, 3.05) is 5.32 Å². The van der Waals surface area contributed by atoms with Gasteiger partial charge in [0.15, 0.2) is 0 Å². The van der Waals surface area contributed by atoms with Crippen LogP contribution >= 0.6 is 11.3 Å². The number of rotatable bonds is 5. The predicted molar refractivity (Wildman–Crippen MR) is 105 cm³/mol. The Balaban J connectivity index is 1.73. The summed E-state index contributed by atoms with van der Waals surface area (Å²) in [5.41, 5.74) is 1.85. The minimum atomic E-state index is -0.293. The second-order valence-electron chi connectivity index (χ2n) is 6.07. The van der Waals surface area contributed by atoms with Crippen LogP contribution in [-0.4, -0.2) is 20.7 Å². The normalized spacial score (nSPS) is 11.0. The van der Waals surface area contributed by atoms with Crippen LogP contribution in [0.5, 0.6) is 0 Å². The Bertz CT molecular complexity index is 1120. The lowest BCUT2D eigenvalue weighted by Gasteiger charge is -2.11. The van der Waals surface area contributed by atoms with Crippen LogP contribution in [0.25, 0.3) is 10.9 Å². The standard InChI is InChI=1S/C20H17FN4OS/c1-2-18-23-24-20(27-18)22-19(26)17-11-13-7-4-6-10-16(13)25(17)12-14-8-3-5-9-15(14)21/h3-11H,2,12H2,1H3,(H,22,24,26). The number of aromatic nitrogens is 3. The number of benzene rings is 2. The number of anilines is 1. The van der Waals surface area contributed by atoms with E-state index in [1.165, 1.54) is 17.4 Å². The van der Waals surface area contributed by atoms with E-state index in [0.29, 0.717) is 16.4 Å². The molecule has 0 saturated carbocycles. The molecular weight excluding hydrogens is 363 g/mol. The van der Waals surface area contributed by atoms with Gasteiger partial charge in [-0.05, 0) is 24.6 Å². The van der Waals surface area contributed by atoms with Gasteiger partial charge in [-0.2, -0.15) is 0 Å². The fourth-order valence-corrected chi connectivity index (χ4v) is 3.65. The van der Waals surface area contributed by atoms with E-state index in [1.807, 2.05) is 41.8 Å². The van der Waals surface area contributed by atoms with Crippen molar-refractivity contribution in [3.63, 3.8) is 0 Å². The lowest BCUT2D eigenvalue weighted by Crippen LogP contribution is -2.17. The number of aryl methyl sites for hydroxylation is 1. The maximum Gasteiger partial charge on any atom is 0.274 e. The van der Waals surface area contributed by atoms with Crippen molar-refractivity contribution in [1.82, 2.24) is 14.8 Å². The molecule has 0 aliphatic heterocycles. The summed E-state index contributed by atoms with van der Waals surface area (Å²) in [4.78, 5) is 12.9. The van der Waals surface area contributed by atoms with Crippen molar-refractivity contribution in [2.24, 2.45) is 0 Å². The predicted octanol–water partition coefficient (Wildman–Crippen LogP) is 4.49. The van der Waals surface area contributed by atoms with E-state index in [9.17, 15) is 9.18 Å². The zero-order chi connectivity index (χ0) is 18.8. The molecule has 0 unspecified atom stereocenters. The quantitative estimate of drug-likeness (QED) is 0.555. The molecule has 0 atom stereocenters. The van der Waals surface area contributed by atoms with E-state index in [1.54, 1.807) is 18.2 Å². The number of carbonyl (C=O) groups is 1. The van der Waals surface area contributed by atoms with Crippen LogP contribution in [0.15, 0.2) is 54.6 Å². The zero-order valence-corrected chi connectivity index (χ0v) is 15.5. The molecule has 1 amide bonds. The maximum atomic E-state index is 14.2. The molecule has 4 aromatic rings. The number of halogens is 1. The Hall–Kier alpha value is -3.06. The van der Waals surface area contributed by atoms with Crippen LogP contribution in [0.2, 0.25) is 0 Å². The Labute approximate surface area is 159 Å². The molecule has 136 valence electrons. The first-order chi connectivity index (χ1) is 13.2. The smallest absolute Gasteiger partial charge is 0.274 e. The number of nitrogens with zero attached hydrogens (tertiary/aromatic N) is 3. The third-order valence-corrected chi connectivity index (χ3v) is 5.30. The molecule has 27 heavy (non-hydrogen) atoms. The van der Waals surface area contributed by atoms with Crippen LogP contribution in [0.4, 0.5) is 9.52 Å². The SMILES string of the molecule is CCc1nnc(NC(=O)c2cc3ccccc3n2Cc2ccccc2F)s1. The van der Waals surface area contributed by atoms with Crippen LogP contribution in [0, 0.1) is 5.82 Å². The largest absolute Gasteiger partial charge is 0.332 e. The fraction of sp³-hybridized carbons (Fsp3) is 0.150. The third kappa shape index (κ3) is 3.46. The second-order valence-corrected chi connectivity index (χ2v) is 7.14. The van der Waals surface area contributed by atoms with E-state index in [0.717, 1.165) is 22.3 Å². The van der Waals surface area contributed by atoms with Gasteiger partial charge in [0.05, 0.1) is 6.54 Å². The highest BCUT2D eigenvalue weighted by Gasteiger charge is 2.18. The topological polar surface area (TPSA) is 59.8 Å². The van der Waals surface area contributed by atoms with Gasteiger partial charge in [0, 0.05) is 16.5 Å². The average Bonchev–Trinajstić information content (AvgIpc) is 3.28. The van der Waals surface area contributed by atoms with Gasteiger partial charge in [0.1, 0.15) is 16.5 Å². The minimum absolute atomic E-state index is 0.263. The van der Waals surface area contributed by atoms with Gasteiger partial charge < -0.3 is 4.57 Å². The molecule has 1 N–H and O–H groups in total. The van der Waals surface area contributed by atoms with E-state index in [2.05, 4.69) is 15.5 Å². The number of amides is 1. The molecule has 0 aliphatic rings. The second kappa shape index (κ2) is 7.28. The molecule has 2 aromatic heterocycles. The summed E-state index contributed by atoms with van der Waals surface area (Å²) in [7, 11) is 0. The third-order valence-electron chi connectivity index (χ3n) is 4.32. The maximum absolute atomic E-state index is 14.2. The van der Waals surface area contributed by atoms with Crippen LogP contribution < -0.4 is 5.32 Å². The van der Waals surface area contributed by atoms with Crippen molar-refractivity contribution >= 4 is 33.3 Å². The average molecular weight is 380 g/mol. The molecule has 0 saturated heterocycles. The van der Waals surface area contributed by atoms with Crippen molar-refractivity contribution in [1.29, 1.82) is 0 Å². The molecule has 5 nitrogen and oxygen atoms in total. The van der Waals surface area contributed by atoms with Crippen molar-refractivity contribution in [3.05, 3.63) is 76.7 Å². The van der Waals surface area contributed by atoms with Crippen molar-refractivity contribution < 1.29 is 9.18 Å². The number of para-hydroxylation sites is 1. The Morgan fingerprint density at radius 1 is 1.15 bits per heavy atom. The summed E-state index contributed by atoms with van der Waals surface area (Å²) in [5.74, 6) is -0.584. The molecule has 0 bridgehead atoms. The van der Waals surface area contributed by atoms with Crippen LogP contribution in [0.1, 0.15) is 28.0 Å². The minimum Gasteiger partial charge on any atom is -0.332 e. The monoisotopic (exact) mass is 380 g/mol. The van der Waals surface area contributed by atoms with Crippen LogP contribution in [0.3, 0.4) is 0 Å². The van der Waals surface area contributed by atoms with Crippen LogP contribution in [-0.2, 0) is 13.0 Å². The van der Waals surface area contributed by atoms with Gasteiger partial charge >= 0.3 is 0 Å². The van der Waals surface area contributed by atoms with Gasteiger partial charge in [0.25, 0.3) is 5.91 Å². The molecular formula is C20H17FN4OS. The molecule has 7 heteroatoms. The van der Waals surface area contributed by atoms with E-state index >= 15 is 0 Å². The summed E-state index contributed by atoms with van der Waals surface area (Å²) >= 11 is 1.35. The highest BCUT2D eigenvalue weighted by atomic mass is 32.1. The number of hydrogen-bond acceptors (Lipinski definition) is 4. The molecule has 2 heterocycles. The van der Waals surface area contributed by atoms with Gasteiger partial charge in [-0.25, -0.2) is 4.39 Å². The highest BCUT2D eigenvalue weighted by molar-refractivity contribution is 7.15. The first kappa shape index (κ1) is 17.4. The molecule has 2 aromatic carbocycles. The molecule has 0 radical (unpaired) electrons. The summed E-state index contributed by atoms with van der Waals surface area (Å²) in [5, 5.41) is 13.1. The fourth-order valence-electron chi connectivity index (χ4n) is 2.97. The van der Waals surface area contributed by atoms with Gasteiger partial charge in [0.2, 0.25) is 5.13 Å². The van der Waals surface area contributed by atoms with Gasteiger partial charge in [-0.15, -0.1) is 10.2 Å². The van der Waals surface area contributed by atoms with Crippen molar-refractivity contribution in [3.8, 4) is 0 Å². The summed E-state index contributed by atoms with van der Waals surface area (Å²) in [6.45, 7) is 2.25. The van der Waals surface area contributed by atoms with E-state index < -0.39 is 0 Å². The molecule has 0 spiro atoms. The Kier molecular flexibility index (Phi) is 4.68. The first-order valence-electron chi connectivity index (χ1n) is 8.61. The zero-order valence-electron chi connectivity index (χ0n) is 14.6. The Morgan fingerprint density at radius 2 is 1.93 bits per heavy atom. The lowest BCUT2D eigenvalue weighted by atomic mass is 10.2. The number of fused-ring (bicyclic) bond motifs is 1. The summed E-state index contributed by atoms with van der Waals surface area (Å²) in [6.07, 6.45) is 0.765. The molecule has 0 aliphatic carbocycles. The number of carbonyl (C=O) groups excluding carboxylic acids is 1. The number of nitrogens with one attached hydrogen (secondary N) is 1. The van der Waals surface area contributed by atoms with Gasteiger partial charge in [-0.1, -0.05) is 54.7 Å². The first-order valence-corrected chi connectivity index (χ1v) is 9.42. The Morgan fingerprint density at radius 3 is 2.70 bits per heavy atom. The summed E-state index contributed by atoms with van der Waals surface area (Å²) < 4.78 is 16.0. The van der Waals surface area contributed by atoms with Gasteiger partial charge in [-0.3, -0.25) is 10.1 Å². The van der Waals surface area contributed by atoms with E-state index in [4.69, 9.17) is 0 Å². The molecule has 4 rings (SSSR count). The number of hydrogen-bond donors (Lipinski definition) is 1. The van der Waals surface area contributed by atoms with E-state index in [-0.39, 0.29) is 18.3 Å². The van der Waals surface area contributed by atoms with Crippen molar-refractivity contribution in [2.45, 2.75) is 19.9 Å². The lowest BCUT2D eigenvalue weighted by molar-refractivity contribution is 0.101. The highest BCUT2D eigenvalue weighted by Crippen LogP contribution is 2.24. The summed E-state index contributed by atoms with van der Waals surface area (Å²) in [6, 6.07) is 16.1.